The van der Waals surface area contributed by atoms with Crippen molar-refractivity contribution in [3.05, 3.63) is 11.8 Å². The van der Waals surface area contributed by atoms with E-state index >= 15 is 0 Å². The van der Waals surface area contributed by atoms with Crippen molar-refractivity contribution >= 4 is 18.0 Å². The molecule has 1 saturated heterocycles. The van der Waals surface area contributed by atoms with Crippen LogP contribution in [0.3, 0.4) is 0 Å². The summed E-state index contributed by atoms with van der Waals surface area (Å²) >= 11 is 0.938. The van der Waals surface area contributed by atoms with Crippen LogP contribution in [0.1, 0.15) is 20.3 Å². The van der Waals surface area contributed by atoms with E-state index in [0.717, 1.165) is 11.9 Å². The Kier molecular flexibility index (Phi) is 3.96. The zero-order valence-corrected chi connectivity index (χ0v) is 9.75. The molecule has 1 atom stereocenters. The third kappa shape index (κ3) is 2.62. The molecule has 1 rings (SSSR count). The van der Waals surface area contributed by atoms with Crippen molar-refractivity contribution in [2.45, 2.75) is 31.1 Å². The first-order chi connectivity index (χ1) is 7.03. The summed E-state index contributed by atoms with van der Waals surface area (Å²) in [6, 6.07) is -0.116. The number of cyclic esters (lactones) is 1. The molecule has 1 aliphatic heterocycles. The van der Waals surface area contributed by atoms with Gasteiger partial charge in [0.05, 0.1) is 10.8 Å². The highest BCUT2D eigenvalue weighted by Gasteiger charge is 2.43. The minimum atomic E-state index is -0.428. The fourth-order valence-corrected chi connectivity index (χ4v) is 2.11. The smallest absolute Gasteiger partial charge is 0.410 e. The van der Waals surface area contributed by atoms with Gasteiger partial charge in [-0.2, -0.15) is 0 Å². The van der Waals surface area contributed by atoms with Crippen molar-refractivity contribution in [3.8, 4) is 0 Å². The average molecular weight is 231 g/mol. The Hall–Kier alpha value is -0.780. The van der Waals surface area contributed by atoms with Gasteiger partial charge in [0.1, 0.15) is 6.61 Å². The van der Waals surface area contributed by atoms with E-state index in [2.05, 4.69) is 11.5 Å². The monoisotopic (exact) mass is 231 g/mol. The molecule has 1 unspecified atom stereocenters. The van der Waals surface area contributed by atoms with Crippen LogP contribution in [0, 0.1) is 11.8 Å². The fourth-order valence-electron chi connectivity index (χ4n) is 1.60. The minimum Gasteiger partial charge on any atom is -0.447 e. The van der Waals surface area contributed by atoms with E-state index in [1.807, 2.05) is 13.8 Å². The third-order valence-electron chi connectivity index (χ3n) is 2.45. The van der Waals surface area contributed by atoms with Crippen molar-refractivity contribution in [2.75, 3.05) is 13.2 Å². The van der Waals surface area contributed by atoms with Crippen molar-refractivity contribution in [1.29, 1.82) is 0 Å². The Labute approximate surface area is 93.6 Å². The van der Waals surface area contributed by atoms with Crippen LogP contribution in [0.15, 0.2) is 4.58 Å². The van der Waals surface area contributed by atoms with Gasteiger partial charge in [0.15, 0.2) is 0 Å². The predicted molar refractivity (Wildman–Crippen MR) is 59.3 cm³/mol. The number of carbonyl (C=O) groups excluding carboxylic acids is 1. The molecule has 0 saturated carbocycles. The largest absolute Gasteiger partial charge is 0.447 e. The van der Waals surface area contributed by atoms with Crippen LogP contribution in [-0.2, 0) is 4.74 Å². The molecule has 0 aromatic carbocycles. The zero-order valence-electron chi connectivity index (χ0n) is 8.93. The highest BCUT2D eigenvalue weighted by Crippen LogP contribution is 2.34. The SMILES string of the molecule is [CH2]CCN1C(=O)OCC1C(C)(C)SN=O. The summed E-state index contributed by atoms with van der Waals surface area (Å²) in [6.45, 7) is 8.32. The molecular weight excluding hydrogens is 216 g/mol. The molecule has 15 heavy (non-hydrogen) atoms. The highest BCUT2D eigenvalue weighted by molar-refractivity contribution is 7.99. The van der Waals surface area contributed by atoms with Crippen LogP contribution < -0.4 is 0 Å². The first-order valence-electron chi connectivity index (χ1n) is 4.76. The lowest BCUT2D eigenvalue weighted by atomic mass is 10.0. The van der Waals surface area contributed by atoms with Gasteiger partial charge in [0, 0.05) is 23.1 Å². The Morgan fingerprint density at radius 3 is 2.93 bits per heavy atom. The van der Waals surface area contributed by atoms with E-state index in [0.29, 0.717) is 19.6 Å². The predicted octanol–water partition coefficient (Wildman–Crippen LogP) is 2.22. The first kappa shape index (κ1) is 12.3. The number of hydrogen-bond acceptors (Lipinski definition) is 5. The van der Waals surface area contributed by atoms with Crippen LogP contribution in [0.5, 0.6) is 0 Å². The van der Waals surface area contributed by atoms with E-state index in [9.17, 15) is 9.70 Å². The van der Waals surface area contributed by atoms with Crippen LogP contribution >= 0.6 is 11.9 Å². The van der Waals surface area contributed by atoms with E-state index in [-0.39, 0.29) is 12.1 Å². The number of rotatable bonds is 5. The van der Waals surface area contributed by atoms with Gasteiger partial charge >= 0.3 is 6.09 Å². The molecule has 1 fully saturated rings. The minimum absolute atomic E-state index is 0.116. The van der Waals surface area contributed by atoms with E-state index in [4.69, 9.17) is 4.74 Å². The molecule has 1 amide bonds. The van der Waals surface area contributed by atoms with Crippen molar-refractivity contribution in [1.82, 2.24) is 4.90 Å². The standard InChI is InChI=1S/C9H15N2O3S/c1-4-5-11-7(6-14-8(11)12)9(2,3)15-10-13/h7H,1,4-6H2,2-3H3. The molecule has 1 heterocycles. The summed E-state index contributed by atoms with van der Waals surface area (Å²) in [4.78, 5) is 23.3. The number of ether oxygens (including phenoxy) is 1. The number of amides is 1. The van der Waals surface area contributed by atoms with Crippen molar-refractivity contribution < 1.29 is 9.53 Å². The van der Waals surface area contributed by atoms with E-state index < -0.39 is 4.75 Å². The molecule has 0 aliphatic carbocycles. The number of hydrogen-bond donors (Lipinski definition) is 0. The molecule has 1 aliphatic rings. The normalized spacial score (nSPS) is 21.7. The summed E-state index contributed by atoms with van der Waals surface area (Å²) in [5.41, 5.74) is 0. The van der Waals surface area contributed by atoms with Crippen LogP contribution in [0.2, 0.25) is 0 Å². The fraction of sp³-hybridized carbons (Fsp3) is 0.778. The molecule has 5 nitrogen and oxygen atoms in total. The molecule has 6 heteroatoms. The molecule has 85 valence electrons. The molecule has 1 radical (unpaired) electrons. The average Bonchev–Trinajstić information content (AvgIpc) is 2.49. The maximum atomic E-state index is 11.4. The number of carbonyl (C=O) groups is 1. The lowest BCUT2D eigenvalue weighted by molar-refractivity contribution is 0.157. The van der Waals surface area contributed by atoms with Crippen molar-refractivity contribution in [3.63, 3.8) is 0 Å². The van der Waals surface area contributed by atoms with Gasteiger partial charge < -0.3 is 9.64 Å². The Morgan fingerprint density at radius 1 is 1.73 bits per heavy atom. The summed E-state index contributed by atoms with van der Waals surface area (Å²) in [7, 11) is 0. The summed E-state index contributed by atoms with van der Waals surface area (Å²) in [6.07, 6.45) is 0.296. The second kappa shape index (κ2) is 4.83. The molecule has 0 bridgehead atoms. The summed E-state index contributed by atoms with van der Waals surface area (Å²) in [5, 5.41) is 0. The highest BCUT2D eigenvalue weighted by atomic mass is 32.2. The summed E-state index contributed by atoms with van der Waals surface area (Å²) < 4.78 is 7.37. The van der Waals surface area contributed by atoms with E-state index in [1.54, 1.807) is 4.90 Å². The molecule has 0 aromatic heterocycles. The number of nitrogens with zero attached hydrogens (tertiary/aromatic N) is 2. The zero-order chi connectivity index (χ0) is 11.5. The van der Waals surface area contributed by atoms with Gasteiger partial charge in [-0.15, -0.1) is 4.91 Å². The Morgan fingerprint density at radius 2 is 2.40 bits per heavy atom. The number of nitroso groups, excluding NO2 is 1. The van der Waals surface area contributed by atoms with Gasteiger partial charge in [-0.1, -0.05) is 6.92 Å². The lowest BCUT2D eigenvalue weighted by Gasteiger charge is -2.31. The maximum Gasteiger partial charge on any atom is 0.410 e. The van der Waals surface area contributed by atoms with Gasteiger partial charge in [-0.3, -0.25) is 0 Å². The second-order valence-electron chi connectivity index (χ2n) is 3.91. The van der Waals surface area contributed by atoms with Gasteiger partial charge in [-0.25, -0.2) is 4.79 Å². The van der Waals surface area contributed by atoms with Crippen LogP contribution in [0.25, 0.3) is 0 Å². The van der Waals surface area contributed by atoms with Crippen LogP contribution in [0.4, 0.5) is 4.79 Å². The Balaban J connectivity index is 2.75. The van der Waals surface area contributed by atoms with Gasteiger partial charge in [0.25, 0.3) is 0 Å². The van der Waals surface area contributed by atoms with Crippen LogP contribution in [-0.4, -0.2) is 34.9 Å². The second-order valence-corrected chi connectivity index (χ2v) is 5.29. The lowest BCUT2D eigenvalue weighted by Crippen LogP contribution is -2.46. The maximum absolute atomic E-state index is 11.4. The quantitative estimate of drug-likeness (QED) is 0.537. The van der Waals surface area contributed by atoms with Gasteiger partial charge in [0.2, 0.25) is 0 Å². The Bertz CT molecular complexity index is 258. The molecule has 0 spiro atoms. The summed E-state index contributed by atoms with van der Waals surface area (Å²) in [5.74, 6) is 0. The third-order valence-corrected chi connectivity index (χ3v) is 3.27. The topological polar surface area (TPSA) is 59.0 Å². The van der Waals surface area contributed by atoms with E-state index in [1.165, 1.54) is 0 Å². The van der Waals surface area contributed by atoms with Gasteiger partial charge in [-0.05, 0) is 20.3 Å². The molecular formula is C9H15N2O3S. The van der Waals surface area contributed by atoms with Crippen molar-refractivity contribution in [2.24, 2.45) is 4.58 Å². The first-order valence-corrected chi connectivity index (χ1v) is 5.53. The molecule has 0 aromatic rings. The molecule has 0 N–H and O–H groups in total.